The minimum absolute atomic E-state index is 0.0176. The first-order valence-corrected chi connectivity index (χ1v) is 8.30. The van der Waals surface area contributed by atoms with Crippen molar-refractivity contribution in [1.29, 1.82) is 0 Å². The van der Waals surface area contributed by atoms with E-state index in [9.17, 15) is 4.79 Å². The summed E-state index contributed by atoms with van der Waals surface area (Å²) in [5.74, 6) is 0.748. The molecule has 2 heterocycles. The quantitative estimate of drug-likeness (QED) is 0.857. The topological polar surface area (TPSA) is 88.5 Å². The molecule has 21 heavy (non-hydrogen) atoms. The van der Waals surface area contributed by atoms with Crippen LogP contribution in [0.1, 0.15) is 36.9 Å². The van der Waals surface area contributed by atoms with Crippen LogP contribution < -0.4 is 16.4 Å². The van der Waals surface area contributed by atoms with E-state index in [1.54, 1.807) is 0 Å². The summed E-state index contributed by atoms with van der Waals surface area (Å²) in [6.45, 7) is 9.26. The van der Waals surface area contributed by atoms with Crippen molar-refractivity contribution in [2.45, 2.75) is 33.2 Å². The fraction of sp³-hybridized carbons (Fsp3) is 0.714. The summed E-state index contributed by atoms with van der Waals surface area (Å²) in [7, 11) is 0. The van der Waals surface area contributed by atoms with E-state index in [1.807, 2.05) is 11.8 Å². The molecule has 0 aliphatic carbocycles. The van der Waals surface area contributed by atoms with Gasteiger partial charge in [-0.2, -0.15) is 0 Å². The van der Waals surface area contributed by atoms with Crippen LogP contribution in [0.15, 0.2) is 0 Å². The Morgan fingerprint density at radius 1 is 1.57 bits per heavy atom. The average molecular weight is 311 g/mol. The van der Waals surface area contributed by atoms with Crippen LogP contribution in [0, 0.1) is 5.92 Å². The Labute approximate surface area is 130 Å². The van der Waals surface area contributed by atoms with Crippen LogP contribution in [0.2, 0.25) is 0 Å². The highest BCUT2D eigenvalue weighted by atomic mass is 32.1. The van der Waals surface area contributed by atoms with Gasteiger partial charge in [-0.05, 0) is 19.3 Å². The van der Waals surface area contributed by atoms with Gasteiger partial charge >= 0.3 is 0 Å². The van der Waals surface area contributed by atoms with Gasteiger partial charge in [0.25, 0.3) is 5.91 Å². The van der Waals surface area contributed by atoms with Crippen LogP contribution in [-0.2, 0) is 0 Å². The molecule has 1 atom stereocenters. The highest BCUT2D eigenvalue weighted by molar-refractivity contribution is 7.18. The van der Waals surface area contributed by atoms with Gasteiger partial charge in [0.05, 0.1) is 0 Å². The van der Waals surface area contributed by atoms with Crippen LogP contribution in [0.4, 0.5) is 10.9 Å². The molecule has 0 saturated carbocycles. The number of carbonyl (C=O) groups is 1. The van der Waals surface area contributed by atoms with E-state index in [4.69, 9.17) is 11.5 Å². The van der Waals surface area contributed by atoms with E-state index in [0.29, 0.717) is 23.2 Å². The predicted octanol–water partition coefficient (Wildman–Crippen LogP) is 1.38. The van der Waals surface area contributed by atoms with Crippen LogP contribution in [0.5, 0.6) is 0 Å². The molecular formula is C14H25N5OS. The van der Waals surface area contributed by atoms with Crippen molar-refractivity contribution in [3.8, 4) is 0 Å². The lowest BCUT2D eigenvalue weighted by atomic mass is 10.2. The smallest absolute Gasteiger partial charge is 0.267 e. The Kier molecular flexibility index (Phi) is 5.05. The molecule has 1 aromatic rings. The van der Waals surface area contributed by atoms with Gasteiger partial charge in [0.2, 0.25) is 0 Å². The summed E-state index contributed by atoms with van der Waals surface area (Å²) >= 11 is 1.38. The van der Waals surface area contributed by atoms with E-state index >= 15 is 0 Å². The van der Waals surface area contributed by atoms with Gasteiger partial charge in [-0.15, -0.1) is 0 Å². The number of aromatic nitrogens is 1. The fourth-order valence-electron chi connectivity index (χ4n) is 2.51. The summed E-state index contributed by atoms with van der Waals surface area (Å²) in [4.78, 5) is 21.4. The van der Waals surface area contributed by atoms with Gasteiger partial charge in [0.1, 0.15) is 10.7 Å². The van der Waals surface area contributed by atoms with Crippen molar-refractivity contribution in [1.82, 2.24) is 9.88 Å². The first kappa shape index (κ1) is 16.0. The number of anilines is 2. The number of thiazole rings is 1. The Morgan fingerprint density at radius 3 is 2.81 bits per heavy atom. The maximum Gasteiger partial charge on any atom is 0.267 e. The maximum absolute atomic E-state index is 12.6. The molecule has 4 N–H and O–H groups in total. The van der Waals surface area contributed by atoms with Gasteiger partial charge in [0, 0.05) is 32.2 Å². The zero-order chi connectivity index (χ0) is 15.6. The molecule has 1 saturated heterocycles. The lowest BCUT2D eigenvalue weighted by Crippen LogP contribution is -2.33. The molecule has 118 valence electrons. The van der Waals surface area contributed by atoms with Crippen molar-refractivity contribution in [2.75, 3.05) is 36.8 Å². The predicted molar refractivity (Wildman–Crippen MR) is 87.7 cm³/mol. The van der Waals surface area contributed by atoms with E-state index in [-0.39, 0.29) is 11.9 Å². The first-order valence-electron chi connectivity index (χ1n) is 7.48. The zero-order valence-corrected chi connectivity index (χ0v) is 13.8. The van der Waals surface area contributed by atoms with Crippen molar-refractivity contribution in [3.05, 3.63) is 4.88 Å². The summed E-state index contributed by atoms with van der Waals surface area (Å²) in [5, 5.41) is 0.810. The molecular weight excluding hydrogens is 286 g/mol. The van der Waals surface area contributed by atoms with Crippen molar-refractivity contribution in [3.63, 3.8) is 0 Å². The number of hydrogen-bond acceptors (Lipinski definition) is 6. The number of carbonyl (C=O) groups excluding carboxylic acids is 1. The molecule has 1 aliphatic heterocycles. The molecule has 2 rings (SSSR count). The van der Waals surface area contributed by atoms with Crippen molar-refractivity contribution < 1.29 is 4.79 Å². The number of amides is 1. The Balaban J connectivity index is 2.16. The average Bonchev–Trinajstić information content (AvgIpc) is 3.01. The second kappa shape index (κ2) is 6.62. The third-order valence-electron chi connectivity index (χ3n) is 3.59. The number of nitrogen functional groups attached to an aromatic ring is 1. The van der Waals surface area contributed by atoms with Gasteiger partial charge in [0.15, 0.2) is 5.13 Å². The molecule has 0 radical (unpaired) electrons. The molecule has 1 fully saturated rings. The maximum atomic E-state index is 12.6. The monoisotopic (exact) mass is 311 g/mol. The van der Waals surface area contributed by atoms with Crippen molar-refractivity contribution >= 4 is 28.2 Å². The standard InChI is InChI=1S/C14H25N5OS/c1-4-18(7-9(2)3)13(20)11-12(16)17-14(21-11)19-6-5-10(15)8-19/h9-10H,4-8,15-16H2,1-3H3. The molecule has 0 spiro atoms. The second-order valence-electron chi connectivity index (χ2n) is 5.94. The summed E-state index contributed by atoms with van der Waals surface area (Å²) in [5.41, 5.74) is 11.9. The number of nitrogens with two attached hydrogens (primary N) is 2. The normalized spacial score (nSPS) is 18.5. The minimum Gasteiger partial charge on any atom is -0.382 e. The Hall–Kier alpha value is -1.34. The summed E-state index contributed by atoms with van der Waals surface area (Å²) in [6.07, 6.45) is 0.956. The van der Waals surface area contributed by atoms with Crippen LogP contribution in [0.3, 0.4) is 0 Å². The SMILES string of the molecule is CCN(CC(C)C)C(=O)c1sc(N2CCC(N)C2)nc1N. The molecule has 7 heteroatoms. The Morgan fingerprint density at radius 2 is 2.29 bits per heavy atom. The lowest BCUT2D eigenvalue weighted by Gasteiger charge is -2.22. The third kappa shape index (κ3) is 3.65. The number of nitrogens with zero attached hydrogens (tertiary/aromatic N) is 3. The summed E-state index contributed by atoms with van der Waals surface area (Å²) < 4.78 is 0. The molecule has 1 aliphatic rings. The van der Waals surface area contributed by atoms with Gasteiger partial charge < -0.3 is 21.3 Å². The number of hydrogen-bond donors (Lipinski definition) is 2. The van der Waals surface area contributed by atoms with Gasteiger partial charge in [-0.3, -0.25) is 4.79 Å². The summed E-state index contributed by atoms with van der Waals surface area (Å²) in [6, 6.07) is 0.183. The van der Waals surface area contributed by atoms with Gasteiger partial charge in [-0.25, -0.2) is 4.98 Å². The van der Waals surface area contributed by atoms with E-state index in [0.717, 1.165) is 31.2 Å². The first-order chi connectivity index (χ1) is 9.92. The van der Waals surface area contributed by atoms with Crippen LogP contribution in [0.25, 0.3) is 0 Å². The molecule has 1 unspecified atom stereocenters. The molecule has 0 bridgehead atoms. The van der Waals surface area contributed by atoms with Gasteiger partial charge in [-0.1, -0.05) is 25.2 Å². The highest BCUT2D eigenvalue weighted by Crippen LogP contribution is 2.31. The second-order valence-corrected chi connectivity index (χ2v) is 6.92. The molecule has 1 aromatic heterocycles. The van der Waals surface area contributed by atoms with E-state index in [1.165, 1.54) is 11.3 Å². The third-order valence-corrected chi connectivity index (χ3v) is 4.71. The van der Waals surface area contributed by atoms with Crippen LogP contribution >= 0.6 is 11.3 Å². The molecule has 0 aromatic carbocycles. The molecule has 1 amide bonds. The fourth-order valence-corrected chi connectivity index (χ4v) is 3.50. The zero-order valence-electron chi connectivity index (χ0n) is 13.0. The number of rotatable bonds is 5. The van der Waals surface area contributed by atoms with E-state index in [2.05, 4.69) is 23.7 Å². The minimum atomic E-state index is -0.0176. The van der Waals surface area contributed by atoms with Crippen molar-refractivity contribution in [2.24, 2.45) is 11.7 Å². The highest BCUT2D eigenvalue weighted by Gasteiger charge is 2.26. The Bertz CT molecular complexity index is 502. The lowest BCUT2D eigenvalue weighted by molar-refractivity contribution is 0.0751. The largest absolute Gasteiger partial charge is 0.382 e. The molecule has 6 nitrogen and oxygen atoms in total. The van der Waals surface area contributed by atoms with E-state index < -0.39 is 0 Å². The van der Waals surface area contributed by atoms with Crippen LogP contribution in [-0.4, -0.2) is 48.0 Å².